The number of hydrogen-bond donors (Lipinski definition) is 1. The average Bonchev–Trinajstić information content (AvgIpc) is 3.09. The molecule has 0 radical (unpaired) electrons. The first-order chi connectivity index (χ1) is 12.8. The van der Waals surface area contributed by atoms with Crippen LogP contribution in [0.15, 0.2) is 29.7 Å². The first-order valence-corrected chi connectivity index (χ1v) is 9.91. The van der Waals surface area contributed by atoms with Crippen LogP contribution in [0.4, 0.5) is 10.5 Å². The molecule has 1 unspecified atom stereocenters. The number of imide groups is 1. The average molecular weight is 386 g/mol. The maximum atomic E-state index is 12.9. The van der Waals surface area contributed by atoms with Crippen LogP contribution in [0.2, 0.25) is 0 Å². The number of carbonyl (C=O) groups is 3. The highest BCUT2D eigenvalue weighted by molar-refractivity contribution is 8.04. The van der Waals surface area contributed by atoms with Gasteiger partial charge in [-0.3, -0.25) is 4.79 Å². The fourth-order valence-corrected chi connectivity index (χ4v) is 4.13. The number of allylic oxidation sites excluding steroid dienone is 1. The summed E-state index contributed by atoms with van der Waals surface area (Å²) >= 11 is 1.37. The van der Waals surface area contributed by atoms with E-state index in [1.807, 2.05) is 45.9 Å². The number of fused-ring (bicyclic) bond motifs is 1. The summed E-state index contributed by atoms with van der Waals surface area (Å²) < 4.78 is 1.42. The highest BCUT2D eigenvalue weighted by Crippen LogP contribution is 2.28. The topological polar surface area (TPSA) is 69.5 Å². The number of carbonyl (C=O) groups excluding carboxylic acids is 3. The number of anilines is 1. The Kier molecular flexibility index (Phi) is 5.51. The summed E-state index contributed by atoms with van der Waals surface area (Å²) in [5, 5.41) is 4.24. The molecule has 0 saturated carbocycles. The lowest BCUT2D eigenvalue weighted by Gasteiger charge is -2.25. The van der Waals surface area contributed by atoms with E-state index in [1.54, 1.807) is 11.5 Å². The lowest BCUT2D eigenvalue weighted by atomic mass is 10.1. The van der Waals surface area contributed by atoms with Crippen LogP contribution >= 0.6 is 11.8 Å². The van der Waals surface area contributed by atoms with Crippen molar-refractivity contribution in [1.29, 1.82) is 0 Å². The molecule has 0 saturated heterocycles. The Balaban J connectivity index is 1.85. The van der Waals surface area contributed by atoms with Gasteiger partial charge in [0, 0.05) is 5.69 Å². The van der Waals surface area contributed by atoms with Gasteiger partial charge in [-0.05, 0) is 48.4 Å². The van der Waals surface area contributed by atoms with E-state index >= 15 is 0 Å². The summed E-state index contributed by atoms with van der Waals surface area (Å²) in [5.74, 6) is -0.332. The highest BCUT2D eigenvalue weighted by atomic mass is 32.2. The normalized spacial score (nSPS) is 19.1. The molecular weight excluding hydrogens is 362 g/mol. The molecule has 27 heavy (non-hydrogen) atoms. The molecule has 1 aromatic rings. The third-order valence-corrected chi connectivity index (χ3v) is 5.72. The zero-order valence-corrected chi connectivity index (χ0v) is 16.8. The van der Waals surface area contributed by atoms with Gasteiger partial charge in [0.05, 0.1) is 6.54 Å². The van der Waals surface area contributed by atoms with Crippen molar-refractivity contribution in [2.45, 2.75) is 32.9 Å². The van der Waals surface area contributed by atoms with Crippen molar-refractivity contribution >= 4 is 41.0 Å². The van der Waals surface area contributed by atoms with Crippen LogP contribution in [0.3, 0.4) is 0 Å². The van der Waals surface area contributed by atoms with Crippen LogP contribution in [0.1, 0.15) is 25.0 Å². The number of urea groups is 1. The molecule has 0 aromatic heterocycles. The molecule has 1 N–H and O–H groups in total. The summed E-state index contributed by atoms with van der Waals surface area (Å²) in [7, 11) is 0. The quantitative estimate of drug-likeness (QED) is 0.790. The Bertz CT molecular complexity index is 873. The largest absolute Gasteiger partial charge is 0.501 e. The number of nitrogens with one attached hydrogen (secondary N) is 1. The molecule has 2 heterocycles. The molecule has 0 spiro atoms. The van der Waals surface area contributed by atoms with E-state index < -0.39 is 11.3 Å². The SMILES string of the molecule is Cc1cccc(NC(=O)C[N+]2=C3C=CSC3C(=O)N(CC(C)C)C2=O)c1C. The van der Waals surface area contributed by atoms with Gasteiger partial charge in [0.1, 0.15) is 5.71 Å². The minimum Gasteiger partial charge on any atom is -0.322 e. The van der Waals surface area contributed by atoms with Crippen molar-refractivity contribution in [1.82, 2.24) is 4.90 Å². The lowest BCUT2D eigenvalue weighted by molar-refractivity contribution is -0.426. The zero-order chi connectivity index (χ0) is 19.7. The van der Waals surface area contributed by atoms with Crippen LogP contribution in [0, 0.1) is 19.8 Å². The number of amides is 4. The molecule has 1 aromatic carbocycles. The minimum absolute atomic E-state index is 0.120. The second kappa shape index (κ2) is 7.68. The molecule has 2 aliphatic heterocycles. The van der Waals surface area contributed by atoms with Crippen molar-refractivity contribution in [3.8, 4) is 0 Å². The first-order valence-electron chi connectivity index (χ1n) is 8.97. The molecule has 7 heteroatoms. The maximum absolute atomic E-state index is 12.9. The van der Waals surface area contributed by atoms with Crippen LogP contribution in [0.25, 0.3) is 0 Å². The number of thioether (sulfide) groups is 1. The monoisotopic (exact) mass is 386 g/mol. The van der Waals surface area contributed by atoms with Gasteiger partial charge in [-0.1, -0.05) is 26.0 Å². The fourth-order valence-electron chi connectivity index (χ4n) is 3.16. The number of aryl methyl sites for hydroxylation is 1. The number of nitrogens with zero attached hydrogens (tertiary/aromatic N) is 2. The summed E-state index contributed by atoms with van der Waals surface area (Å²) in [5.41, 5.74) is 3.40. The molecular formula is C20H24N3O3S+. The summed E-state index contributed by atoms with van der Waals surface area (Å²) in [6.07, 6.45) is 1.75. The van der Waals surface area contributed by atoms with Crippen LogP contribution in [-0.2, 0) is 9.59 Å². The van der Waals surface area contributed by atoms with E-state index in [4.69, 9.17) is 0 Å². The van der Waals surface area contributed by atoms with Gasteiger partial charge in [-0.25, -0.2) is 4.79 Å². The van der Waals surface area contributed by atoms with E-state index in [0.717, 1.165) is 16.8 Å². The van der Waals surface area contributed by atoms with Gasteiger partial charge in [-0.2, -0.15) is 14.3 Å². The minimum atomic E-state index is -0.449. The Morgan fingerprint density at radius 3 is 2.74 bits per heavy atom. The second-order valence-electron chi connectivity index (χ2n) is 7.25. The van der Waals surface area contributed by atoms with Crippen molar-refractivity contribution in [3.63, 3.8) is 0 Å². The molecule has 2 aliphatic rings. The van der Waals surface area contributed by atoms with E-state index in [9.17, 15) is 14.4 Å². The van der Waals surface area contributed by atoms with Crippen molar-refractivity contribution < 1.29 is 19.0 Å². The molecule has 0 aliphatic carbocycles. The van der Waals surface area contributed by atoms with Crippen LogP contribution in [-0.4, -0.2) is 51.4 Å². The predicted molar refractivity (Wildman–Crippen MR) is 107 cm³/mol. The Hall–Kier alpha value is -2.41. The maximum Gasteiger partial charge on any atom is 0.501 e. The van der Waals surface area contributed by atoms with Gasteiger partial charge in [0.25, 0.3) is 5.91 Å². The van der Waals surface area contributed by atoms with Crippen LogP contribution < -0.4 is 5.32 Å². The standard InChI is InChI=1S/C20H23N3O3S/c1-12(2)10-23-19(25)18-16(8-9-27-18)22(20(23)26)11-17(24)21-15-7-5-6-13(3)14(15)4/h5-9,12,18H,10-11H2,1-4H3/p+1. The molecule has 4 amide bonds. The molecule has 3 rings (SSSR count). The van der Waals surface area contributed by atoms with Gasteiger partial charge < -0.3 is 5.32 Å². The van der Waals surface area contributed by atoms with E-state index in [0.29, 0.717) is 12.3 Å². The Labute approximate surface area is 163 Å². The molecule has 142 valence electrons. The van der Waals surface area contributed by atoms with Gasteiger partial charge in [0.2, 0.25) is 0 Å². The van der Waals surface area contributed by atoms with Gasteiger partial charge in [-0.15, -0.1) is 11.8 Å². The van der Waals surface area contributed by atoms with Crippen LogP contribution in [0.5, 0.6) is 0 Å². The smallest absolute Gasteiger partial charge is 0.322 e. The second-order valence-corrected chi connectivity index (χ2v) is 8.27. The fraction of sp³-hybridized carbons (Fsp3) is 0.400. The van der Waals surface area contributed by atoms with Crippen molar-refractivity contribution in [3.05, 3.63) is 40.8 Å². The van der Waals surface area contributed by atoms with Crippen molar-refractivity contribution in [2.75, 3.05) is 18.4 Å². The van der Waals surface area contributed by atoms with Crippen molar-refractivity contribution in [2.24, 2.45) is 5.92 Å². The van der Waals surface area contributed by atoms with E-state index in [2.05, 4.69) is 5.32 Å². The summed E-state index contributed by atoms with van der Waals surface area (Å²) in [6, 6.07) is 5.28. The van der Waals surface area contributed by atoms with E-state index in [1.165, 1.54) is 21.2 Å². The lowest BCUT2D eigenvalue weighted by Crippen LogP contribution is -2.57. The summed E-state index contributed by atoms with van der Waals surface area (Å²) in [6.45, 7) is 8.06. The molecule has 0 bridgehead atoms. The van der Waals surface area contributed by atoms with Gasteiger partial charge in [0.15, 0.2) is 11.8 Å². The van der Waals surface area contributed by atoms with Gasteiger partial charge >= 0.3 is 11.9 Å². The Morgan fingerprint density at radius 1 is 1.30 bits per heavy atom. The number of hydrogen-bond acceptors (Lipinski definition) is 4. The zero-order valence-electron chi connectivity index (χ0n) is 16.0. The third kappa shape index (κ3) is 3.83. The summed E-state index contributed by atoms with van der Waals surface area (Å²) in [4.78, 5) is 39.5. The third-order valence-electron chi connectivity index (χ3n) is 4.71. The Morgan fingerprint density at radius 2 is 2.04 bits per heavy atom. The molecule has 0 fully saturated rings. The van der Waals surface area contributed by atoms with E-state index in [-0.39, 0.29) is 24.3 Å². The number of rotatable bonds is 5. The molecule has 1 atom stereocenters. The predicted octanol–water partition coefficient (Wildman–Crippen LogP) is 2.94. The molecule has 6 nitrogen and oxygen atoms in total. The first kappa shape index (κ1) is 19.4. The number of benzene rings is 1. The highest BCUT2D eigenvalue weighted by Gasteiger charge is 2.49.